The van der Waals surface area contributed by atoms with Gasteiger partial charge in [0.1, 0.15) is 0 Å². The summed E-state index contributed by atoms with van der Waals surface area (Å²) in [6, 6.07) is 0. The Morgan fingerprint density at radius 2 is 1.87 bits per heavy atom. The third-order valence-electron chi connectivity index (χ3n) is 2.61. The molecule has 0 radical (unpaired) electrons. The van der Waals surface area contributed by atoms with Gasteiger partial charge >= 0.3 is 0 Å². The van der Waals surface area contributed by atoms with Crippen LogP contribution in [0.1, 0.15) is 26.7 Å². The molecule has 0 fully saturated rings. The Kier molecular flexibility index (Phi) is 5.05. The molecule has 5 heteroatoms. The third kappa shape index (κ3) is 3.45. The van der Waals surface area contributed by atoms with Gasteiger partial charge in [-0.3, -0.25) is 0 Å². The van der Waals surface area contributed by atoms with Gasteiger partial charge in [-0.25, -0.2) is 9.97 Å². The van der Waals surface area contributed by atoms with Crippen LogP contribution in [0.5, 0.6) is 0 Å². The van der Waals surface area contributed by atoms with Gasteiger partial charge < -0.3 is 5.32 Å². The molecule has 0 aliphatic heterocycles. The van der Waals surface area contributed by atoms with Gasteiger partial charge in [0, 0.05) is 21.8 Å². The summed E-state index contributed by atoms with van der Waals surface area (Å²) in [6.45, 7) is 4.23. The van der Waals surface area contributed by atoms with E-state index in [2.05, 4.69) is 51.7 Å². The molecule has 1 heterocycles. The number of aromatic nitrogens is 2. The van der Waals surface area contributed by atoms with Crippen LogP contribution < -0.4 is 5.32 Å². The van der Waals surface area contributed by atoms with Gasteiger partial charge in [-0.05, 0) is 35.4 Å². The number of nitrogens with zero attached hydrogens (tertiary/aromatic N) is 2. The van der Waals surface area contributed by atoms with Crippen molar-refractivity contribution in [3.05, 3.63) is 16.0 Å². The van der Waals surface area contributed by atoms with Crippen LogP contribution >= 0.6 is 34.2 Å². The van der Waals surface area contributed by atoms with Gasteiger partial charge in [-0.1, -0.05) is 13.8 Å². The second kappa shape index (κ2) is 5.84. The smallest absolute Gasteiger partial charge is 0.223 e. The second-order valence-corrected chi connectivity index (χ2v) is 4.98. The molecule has 1 rings (SSSR count). The standard InChI is InChI=1S/C10H15ClIN3/c1-3-10(4-2,7-11)15-9-13-5-8(12)6-14-9/h5-6H,3-4,7H2,1-2H3,(H,13,14,15). The lowest BCUT2D eigenvalue weighted by atomic mass is 9.95. The summed E-state index contributed by atoms with van der Waals surface area (Å²) in [6.07, 6.45) is 5.51. The van der Waals surface area contributed by atoms with Gasteiger partial charge in [-0.2, -0.15) is 0 Å². The highest BCUT2D eigenvalue weighted by Gasteiger charge is 2.25. The minimum Gasteiger partial charge on any atom is -0.348 e. The molecule has 0 aromatic carbocycles. The quantitative estimate of drug-likeness (QED) is 0.661. The third-order valence-corrected chi connectivity index (χ3v) is 3.68. The molecule has 15 heavy (non-hydrogen) atoms. The molecule has 1 aromatic heterocycles. The predicted octanol–water partition coefficient (Wildman–Crippen LogP) is 3.29. The predicted molar refractivity (Wildman–Crippen MR) is 72.4 cm³/mol. The monoisotopic (exact) mass is 339 g/mol. The van der Waals surface area contributed by atoms with Crippen LogP contribution in [0.25, 0.3) is 0 Å². The zero-order chi connectivity index (χ0) is 11.3. The van der Waals surface area contributed by atoms with Crippen molar-refractivity contribution in [1.82, 2.24) is 9.97 Å². The first-order valence-corrected chi connectivity index (χ1v) is 6.59. The molecule has 0 atom stereocenters. The molecular weight excluding hydrogens is 324 g/mol. The van der Waals surface area contributed by atoms with Crippen molar-refractivity contribution in [3.63, 3.8) is 0 Å². The Morgan fingerprint density at radius 1 is 1.33 bits per heavy atom. The number of halogens is 2. The number of rotatable bonds is 5. The summed E-state index contributed by atoms with van der Waals surface area (Å²) in [4.78, 5) is 8.44. The zero-order valence-corrected chi connectivity index (χ0v) is 11.8. The number of nitrogens with one attached hydrogen (secondary N) is 1. The van der Waals surface area contributed by atoms with E-state index in [9.17, 15) is 0 Å². The SMILES string of the molecule is CCC(CC)(CCl)Nc1ncc(I)cn1. The van der Waals surface area contributed by atoms with Gasteiger partial charge in [0.25, 0.3) is 0 Å². The van der Waals surface area contributed by atoms with Crippen LogP contribution in [0.2, 0.25) is 0 Å². The lowest BCUT2D eigenvalue weighted by Crippen LogP contribution is -2.39. The second-order valence-electron chi connectivity index (χ2n) is 3.47. The van der Waals surface area contributed by atoms with Crippen LogP contribution in [0.4, 0.5) is 5.95 Å². The fraction of sp³-hybridized carbons (Fsp3) is 0.600. The minimum absolute atomic E-state index is 0.0889. The normalized spacial score (nSPS) is 11.5. The van der Waals surface area contributed by atoms with Crippen molar-refractivity contribution < 1.29 is 0 Å². The van der Waals surface area contributed by atoms with Crippen LogP contribution in [0, 0.1) is 3.57 Å². The highest BCUT2D eigenvalue weighted by molar-refractivity contribution is 14.1. The molecule has 84 valence electrons. The van der Waals surface area contributed by atoms with E-state index < -0.39 is 0 Å². The van der Waals surface area contributed by atoms with Gasteiger partial charge in [0.15, 0.2) is 0 Å². The molecular formula is C10H15ClIN3. The van der Waals surface area contributed by atoms with Crippen LogP contribution in [0.3, 0.4) is 0 Å². The summed E-state index contributed by atoms with van der Waals surface area (Å²) in [5, 5.41) is 3.31. The first kappa shape index (κ1) is 13.0. The van der Waals surface area contributed by atoms with Crippen molar-refractivity contribution >= 4 is 40.1 Å². The lowest BCUT2D eigenvalue weighted by molar-refractivity contribution is 0.480. The average Bonchev–Trinajstić information content (AvgIpc) is 2.29. The molecule has 0 saturated carbocycles. The van der Waals surface area contributed by atoms with Crippen molar-refractivity contribution in [2.75, 3.05) is 11.2 Å². The van der Waals surface area contributed by atoms with Crippen molar-refractivity contribution in [1.29, 1.82) is 0 Å². The molecule has 0 amide bonds. The number of hydrogen-bond donors (Lipinski definition) is 1. The number of hydrogen-bond acceptors (Lipinski definition) is 3. The zero-order valence-electron chi connectivity index (χ0n) is 8.93. The molecule has 0 spiro atoms. The number of alkyl halides is 1. The maximum absolute atomic E-state index is 5.99. The summed E-state index contributed by atoms with van der Waals surface area (Å²) in [5.41, 5.74) is -0.0889. The number of anilines is 1. The van der Waals surface area contributed by atoms with E-state index >= 15 is 0 Å². The van der Waals surface area contributed by atoms with Crippen LogP contribution in [0.15, 0.2) is 12.4 Å². The van der Waals surface area contributed by atoms with Gasteiger partial charge in [-0.15, -0.1) is 11.6 Å². The highest BCUT2D eigenvalue weighted by Crippen LogP contribution is 2.21. The van der Waals surface area contributed by atoms with Crippen molar-refractivity contribution in [2.24, 2.45) is 0 Å². The Hall–Kier alpha value is -0.100. The molecule has 0 bridgehead atoms. The van der Waals surface area contributed by atoms with Gasteiger partial charge in [0.05, 0.1) is 5.54 Å². The molecule has 0 saturated heterocycles. The lowest BCUT2D eigenvalue weighted by Gasteiger charge is -2.30. The van der Waals surface area contributed by atoms with E-state index in [0.717, 1.165) is 16.4 Å². The maximum Gasteiger partial charge on any atom is 0.223 e. The topological polar surface area (TPSA) is 37.8 Å². The molecule has 3 nitrogen and oxygen atoms in total. The summed E-state index contributed by atoms with van der Waals surface area (Å²) < 4.78 is 1.03. The molecule has 0 unspecified atom stereocenters. The fourth-order valence-electron chi connectivity index (χ4n) is 1.26. The van der Waals surface area contributed by atoms with Crippen LogP contribution in [-0.2, 0) is 0 Å². The summed E-state index contributed by atoms with van der Waals surface area (Å²) >= 11 is 8.17. The average molecular weight is 340 g/mol. The first-order chi connectivity index (χ1) is 7.15. The Balaban J connectivity index is 2.78. The summed E-state index contributed by atoms with van der Waals surface area (Å²) in [7, 11) is 0. The first-order valence-electron chi connectivity index (χ1n) is 4.97. The fourth-order valence-corrected chi connectivity index (χ4v) is 1.99. The highest BCUT2D eigenvalue weighted by atomic mass is 127. The Bertz CT molecular complexity index is 290. The Labute approximate surface area is 109 Å². The van der Waals surface area contributed by atoms with Crippen molar-refractivity contribution in [3.8, 4) is 0 Å². The molecule has 0 aliphatic carbocycles. The molecule has 1 aromatic rings. The Morgan fingerprint density at radius 3 is 2.27 bits per heavy atom. The summed E-state index contributed by atoms with van der Waals surface area (Å²) in [5.74, 6) is 1.22. The maximum atomic E-state index is 5.99. The van der Waals surface area contributed by atoms with Gasteiger partial charge in [0.2, 0.25) is 5.95 Å². The van der Waals surface area contributed by atoms with E-state index in [1.807, 2.05) is 0 Å². The van der Waals surface area contributed by atoms with E-state index in [4.69, 9.17) is 11.6 Å². The van der Waals surface area contributed by atoms with E-state index in [-0.39, 0.29) is 5.54 Å². The molecule has 0 aliphatic rings. The van der Waals surface area contributed by atoms with E-state index in [1.54, 1.807) is 12.4 Å². The largest absolute Gasteiger partial charge is 0.348 e. The van der Waals surface area contributed by atoms with E-state index in [0.29, 0.717) is 11.8 Å². The minimum atomic E-state index is -0.0889. The molecule has 1 N–H and O–H groups in total. The van der Waals surface area contributed by atoms with Crippen LogP contribution in [-0.4, -0.2) is 21.4 Å². The van der Waals surface area contributed by atoms with Crippen molar-refractivity contribution in [2.45, 2.75) is 32.2 Å². The van der Waals surface area contributed by atoms with E-state index in [1.165, 1.54) is 0 Å².